The molecule has 0 bridgehead atoms. The van der Waals surface area contributed by atoms with Crippen molar-refractivity contribution in [1.29, 1.82) is 0 Å². The molecule has 0 aliphatic rings. The molecule has 1 atom stereocenters. The third-order valence-electron chi connectivity index (χ3n) is 0.339. The van der Waals surface area contributed by atoms with Crippen LogP contribution in [-0.4, -0.2) is 36.0 Å². The molecule has 0 spiro atoms. The maximum absolute atomic E-state index is 9.92. The van der Waals surface area contributed by atoms with Gasteiger partial charge in [0, 0.05) is 13.8 Å². The molecule has 0 saturated heterocycles. The molecular weight excluding hydrogens is 130 g/mol. The quantitative estimate of drug-likeness (QED) is 0.385. The van der Waals surface area contributed by atoms with Gasteiger partial charge in [0.2, 0.25) is 0 Å². The topological polar surface area (TPSA) is 46.5 Å². The molecule has 0 heterocycles. The smallest absolute Gasteiger partial charge is 0.324 e. The summed E-state index contributed by atoms with van der Waals surface area (Å²) < 4.78 is 14.0. The number of hydrogen-bond acceptors (Lipinski definition) is 2. The summed E-state index contributed by atoms with van der Waals surface area (Å²) in [5.74, 6) is 0. The third-order valence-corrected chi connectivity index (χ3v) is 1.02. The Morgan fingerprint density at radius 2 is 1.86 bits per heavy atom. The van der Waals surface area contributed by atoms with Crippen molar-refractivity contribution in [3.63, 3.8) is 0 Å². The maximum atomic E-state index is 9.92. The lowest BCUT2D eigenvalue weighted by molar-refractivity contribution is 0.322. The minimum absolute atomic E-state index is 0. The largest absolute Gasteiger partial charge is 0.324 e. The third kappa shape index (κ3) is 10.8. The molecule has 0 aliphatic heterocycles. The Bertz CT molecular complexity index is 77.0. The second-order valence-electron chi connectivity index (χ2n) is 0.986. The SMILES string of the molecule is COP(C)(=O)O.[AlH3]. The first kappa shape index (κ1) is 10.6. The van der Waals surface area contributed by atoms with Crippen LogP contribution in [0.5, 0.6) is 0 Å². The minimum Gasteiger partial charge on any atom is -0.324 e. The summed E-state index contributed by atoms with van der Waals surface area (Å²) in [6, 6.07) is 0. The molecule has 7 heavy (non-hydrogen) atoms. The van der Waals surface area contributed by atoms with Crippen LogP contribution in [0.3, 0.4) is 0 Å². The van der Waals surface area contributed by atoms with E-state index < -0.39 is 7.60 Å². The van der Waals surface area contributed by atoms with E-state index in [0.29, 0.717) is 0 Å². The summed E-state index contributed by atoms with van der Waals surface area (Å²) in [4.78, 5) is 8.16. The summed E-state index contributed by atoms with van der Waals surface area (Å²) in [5, 5.41) is 0. The van der Waals surface area contributed by atoms with E-state index in [1.165, 1.54) is 7.11 Å². The molecule has 0 aromatic rings. The van der Waals surface area contributed by atoms with Gasteiger partial charge in [-0.05, 0) is 0 Å². The van der Waals surface area contributed by atoms with Crippen molar-refractivity contribution in [2.24, 2.45) is 0 Å². The van der Waals surface area contributed by atoms with Crippen molar-refractivity contribution in [1.82, 2.24) is 0 Å². The summed E-state index contributed by atoms with van der Waals surface area (Å²) >= 11 is 0. The van der Waals surface area contributed by atoms with Crippen molar-refractivity contribution in [3.05, 3.63) is 0 Å². The van der Waals surface area contributed by atoms with E-state index in [1.807, 2.05) is 0 Å². The summed E-state index contributed by atoms with van der Waals surface area (Å²) in [6.45, 7) is 1.13. The molecule has 5 heteroatoms. The zero-order chi connectivity index (χ0) is 5.21. The zero-order valence-electron chi connectivity index (χ0n) is 3.71. The molecule has 1 N–H and O–H groups in total. The van der Waals surface area contributed by atoms with Gasteiger partial charge < -0.3 is 9.42 Å². The zero-order valence-corrected chi connectivity index (χ0v) is 4.61. The van der Waals surface area contributed by atoms with Crippen LogP contribution in [0.15, 0.2) is 0 Å². The first-order chi connectivity index (χ1) is 2.56. The number of hydrogen-bond donors (Lipinski definition) is 1. The highest BCUT2D eigenvalue weighted by Gasteiger charge is 2.02. The first-order valence-corrected chi connectivity index (χ1v) is 3.45. The fourth-order valence-corrected chi connectivity index (χ4v) is 0. The van der Waals surface area contributed by atoms with Gasteiger partial charge >= 0.3 is 7.60 Å². The predicted octanol–water partition coefficient (Wildman–Crippen LogP) is -0.736. The molecule has 1 unspecified atom stereocenters. The molecule has 0 rings (SSSR count). The van der Waals surface area contributed by atoms with E-state index in [4.69, 9.17) is 4.89 Å². The predicted molar refractivity (Wildman–Crippen MR) is 32.7 cm³/mol. The fraction of sp³-hybridized carbons (Fsp3) is 1.00. The Kier molecular flexibility index (Phi) is 5.55. The van der Waals surface area contributed by atoms with Crippen LogP contribution in [0, 0.1) is 0 Å². The standard InChI is InChI=1S/C2H7O3P.Al.3H/c1-5-6(2,3)4;;;;/h1-2H3,(H,3,4);;;;. The van der Waals surface area contributed by atoms with Crippen LogP contribution >= 0.6 is 7.60 Å². The molecule has 0 aliphatic carbocycles. The monoisotopic (exact) mass is 140 g/mol. The van der Waals surface area contributed by atoms with E-state index in [2.05, 4.69) is 4.52 Å². The number of rotatable bonds is 1. The normalized spacial score (nSPS) is 17.0. The Balaban J connectivity index is 0. The van der Waals surface area contributed by atoms with Crippen LogP contribution in [0.25, 0.3) is 0 Å². The van der Waals surface area contributed by atoms with Gasteiger partial charge in [-0.25, -0.2) is 0 Å². The highest BCUT2D eigenvalue weighted by Crippen LogP contribution is 2.34. The van der Waals surface area contributed by atoms with Gasteiger partial charge in [-0.15, -0.1) is 0 Å². The van der Waals surface area contributed by atoms with Crippen LogP contribution in [0.4, 0.5) is 0 Å². The lowest BCUT2D eigenvalue weighted by Crippen LogP contribution is -1.75. The minimum atomic E-state index is -3.15. The van der Waals surface area contributed by atoms with Crippen LogP contribution in [0.1, 0.15) is 0 Å². The van der Waals surface area contributed by atoms with Crippen LogP contribution in [-0.2, 0) is 9.09 Å². The molecule has 3 nitrogen and oxygen atoms in total. The van der Waals surface area contributed by atoms with Gasteiger partial charge in [0.1, 0.15) is 0 Å². The van der Waals surface area contributed by atoms with Crippen LogP contribution in [0.2, 0.25) is 0 Å². The lowest BCUT2D eigenvalue weighted by atomic mass is 11.8. The second kappa shape index (κ2) is 3.66. The van der Waals surface area contributed by atoms with Crippen molar-refractivity contribution in [2.45, 2.75) is 0 Å². The van der Waals surface area contributed by atoms with Crippen molar-refractivity contribution < 1.29 is 14.0 Å². The molecular formula is C2H10AlO3P. The second-order valence-corrected chi connectivity index (χ2v) is 2.96. The van der Waals surface area contributed by atoms with Gasteiger partial charge in [0.25, 0.3) is 0 Å². The van der Waals surface area contributed by atoms with E-state index in [1.54, 1.807) is 0 Å². The Labute approximate surface area is 53.3 Å². The van der Waals surface area contributed by atoms with Crippen molar-refractivity contribution >= 4 is 25.0 Å². The summed E-state index contributed by atoms with van der Waals surface area (Å²) in [7, 11) is -1.95. The summed E-state index contributed by atoms with van der Waals surface area (Å²) in [5.41, 5.74) is 0. The highest BCUT2D eigenvalue weighted by atomic mass is 31.2. The van der Waals surface area contributed by atoms with Crippen LogP contribution < -0.4 is 0 Å². The molecule has 0 aromatic carbocycles. The Morgan fingerprint density at radius 3 is 1.86 bits per heavy atom. The maximum Gasteiger partial charge on any atom is 0.324 e. The van der Waals surface area contributed by atoms with Gasteiger partial charge in [-0.1, -0.05) is 0 Å². The van der Waals surface area contributed by atoms with E-state index in [-0.39, 0.29) is 17.4 Å². The van der Waals surface area contributed by atoms with E-state index in [9.17, 15) is 4.57 Å². The molecule has 0 amide bonds. The molecule has 0 saturated carbocycles. The highest BCUT2D eigenvalue weighted by molar-refractivity contribution is 7.51. The molecule has 0 radical (unpaired) electrons. The van der Waals surface area contributed by atoms with E-state index in [0.717, 1.165) is 6.66 Å². The Morgan fingerprint density at radius 1 is 1.71 bits per heavy atom. The van der Waals surface area contributed by atoms with Gasteiger partial charge in [0.15, 0.2) is 17.4 Å². The Hall–Kier alpha value is 0.682. The molecule has 0 fully saturated rings. The van der Waals surface area contributed by atoms with E-state index >= 15 is 0 Å². The first-order valence-electron chi connectivity index (χ1n) is 1.42. The van der Waals surface area contributed by atoms with Crippen molar-refractivity contribution in [2.75, 3.05) is 13.8 Å². The van der Waals surface area contributed by atoms with Gasteiger partial charge in [-0.3, -0.25) is 4.57 Å². The molecule has 0 aromatic heterocycles. The van der Waals surface area contributed by atoms with Gasteiger partial charge in [-0.2, -0.15) is 0 Å². The average molecular weight is 140 g/mol. The lowest BCUT2D eigenvalue weighted by Gasteiger charge is -1.96. The average Bonchev–Trinajstić information content (AvgIpc) is 1.35. The fourth-order valence-electron chi connectivity index (χ4n) is 0. The molecule has 44 valence electrons. The summed E-state index contributed by atoms with van der Waals surface area (Å²) in [6.07, 6.45) is 0. The van der Waals surface area contributed by atoms with Crippen molar-refractivity contribution in [3.8, 4) is 0 Å². The van der Waals surface area contributed by atoms with Gasteiger partial charge in [0.05, 0.1) is 0 Å².